The lowest BCUT2D eigenvalue weighted by molar-refractivity contribution is -0.123. The number of ether oxygens (including phenoxy) is 1. The van der Waals surface area contributed by atoms with Gasteiger partial charge in [-0.05, 0) is 47.9 Å². The van der Waals surface area contributed by atoms with Crippen LogP contribution in [0.4, 0.5) is 4.39 Å². The number of halogens is 1. The van der Waals surface area contributed by atoms with Gasteiger partial charge in [0, 0.05) is 6.54 Å². The zero-order chi connectivity index (χ0) is 16.0. The number of fused-ring (bicyclic) bond motifs is 5. The molecule has 0 spiro atoms. The van der Waals surface area contributed by atoms with E-state index in [2.05, 4.69) is 5.32 Å². The number of carbonyl (C=O) groups is 1. The molecule has 1 fully saturated rings. The van der Waals surface area contributed by atoms with Crippen LogP contribution in [0.25, 0.3) is 0 Å². The summed E-state index contributed by atoms with van der Waals surface area (Å²) < 4.78 is 19.9. The molecule has 0 radical (unpaired) electrons. The maximum Gasteiger partial charge on any atom is 0.173 e. The number of hydrogen-bond donors (Lipinski definition) is 1. The van der Waals surface area contributed by atoms with Gasteiger partial charge in [0.2, 0.25) is 0 Å². The van der Waals surface area contributed by atoms with E-state index in [0.29, 0.717) is 13.0 Å². The summed E-state index contributed by atoms with van der Waals surface area (Å²) in [5.74, 6) is -0.567. The van der Waals surface area contributed by atoms with E-state index in [4.69, 9.17) is 4.74 Å². The Balaban J connectivity index is 1.90. The Hall–Kier alpha value is -2.04. The fourth-order valence-corrected chi connectivity index (χ4v) is 3.77. The van der Waals surface area contributed by atoms with Crippen LogP contribution < -0.4 is 5.32 Å². The van der Waals surface area contributed by atoms with Crippen LogP contribution >= 0.6 is 0 Å². The number of benzene rings is 2. The summed E-state index contributed by atoms with van der Waals surface area (Å²) in [6.45, 7) is 0.471. The second-order valence-electron chi connectivity index (χ2n) is 6.20. The Kier molecular flexibility index (Phi) is 3.51. The van der Waals surface area contributed by atoms with E-state index in [1.165, 1.54) is 12.1 Å². The average Bonchev–Trinajstić information content (AvgIpc) is 2.79. The number of hydrogen-bond acceptors (Lipinski definition) is 3. The summed E-state index contributed by atoms with van der Waals surface area (Å²) >= 11 is 0. The van der Waals surface area contributed by atoms with Crippen LogP contribution in [0, 0.1) is 5.82 Å². The van der Waals surface area contributed by atoms with Gasteiger partial charge in [0.15, 0.2) is 5.78 Å². The molecule has 1 heterocycles. The van der Waals surface area contributed by atoms with Crippen molar-refractivity contribution >= 4 is 5.78 Å². The summed E-state index contributed by atoms with van der Waals surface area (Å²) in [7, 11) is 1.80. The molecule has 118 valence electrons. The molecule has 2 aromatic rings. The molecule has 1 N–H and O–H groups in total. The van der Waals surface area contributed by atoms with Gasteiger partial charge in [0.05, 0.1) is 12.0 Å². The first-order valence-electron chi connectivity index (χ1n) is 7.89. The average molecular weight is 311 g/mol. The predicted octanol–water partition coefficient (Wildman–Crippen LogP) is 2.74. The number of rotatable bonds is 2. The van der Waals surface area contributed by atoms with Gasteiger partial charge in [0.1, 0.15) is 11.9 Å². The molecule has 4 heteroatoms. The topological polar surface area (TPSA) is 38.3 Å². The van der Waals surface area contributed by atoms with Crippen molar-refractivity contribution in [1.82, 2.24) is 5.32 Å². The Morgan fingerprint density at radius 2 is 1.96 bits per heavy atom. The van der Waals surface area contributed by atoms with Crippen molar-refractivity contribution in [3.05, 3.63) is 70.5 Å². The third kappa shape index (κ3) is 2.30. The molecule has 4 rings (SSSR count). The van der Waals surface area contributed by atoms with Crippen molar-refractivity contribution in [2.75, 3.05) is 13.6 Å². The van der Waals surface area contributed by atoms with E-state index in [1.807, 2.05) is 30.3 Å². The van der Waals surface area contributed by atoms with E-state index in [-0.39, 0.29) is 17.5 Å². The van der Waals surface area contributed by atoms with Crippen molar-refractivity contribution in [2.24, 2.45) is 0 Å². The summed E-state index contributed by atoms with van der Waals surface area (Å²) in [5.41, 5.74) is 3.97. The molecule has 2 aromatic carbocycles. The molecular formula is C19H18FNO2. The molecule has 0 saturated carbocycles. The number of carbonyl (C=O) groups excluding carboxylic acids is 1. The first kappa shape index (κ1) is 14.5. The second-order valence-corrected chi connectivity index (χ2v) is 6.20. The van der Waals surface area contributed by atoms with Crippen molar-refractivity contribution in [1.29, 1.82) is 0 Å². The maximum absolute atomic E-state index is 13.8. The van der Waals surface area contributed by atoms with Crippen molar-refractivity contribution in [2.45, 2.75) is 24.5 Å². The SMILES string of the molecule is CNCC1OC2c3cc(F)ccc3Cc3ccccc3C2C1=O. The fourth-order valence-electron chi connectivity index (χ4n) is 3.77. The molecule has 1 aliphatic carbocycles. The molecule has 1 aliphatic heterocycles. The summed E-state index contributed by atoms with van der Waals surface area (Å²) in [6, 6.07) is 12.8. The molecule has 2 aliphatic rings. The monoisotopic (exact) mass is 311 g/mol. The Bertz CT molecular complexity index is 774. The van der Waals surface area contributed by atoms with Gasteiger partial charge in [-0.1, -0.05) is 30.3 Å². The van der Waals surface area contributed by atoms with Crippen LogP contribution in [0.5, 0.6) is 0 Å². The zero-order valence-electron chi connectivity index (χ0n) is 12.9. The molecule has 3 atom stereocenters. The van der Waals surface area contributed by atoms with Crippen LogP contribution in [0.3, 0.4) is 0 Å². The van der Waals surface area contributed by atoms with Gasteiger partial charge in [0.25, 0.3) is 0 Å². The minimum absolute atomic E-state index is 0.0777. The standard InChI is InChI=1S/C19H18FNO2/c1-21-10-16-18(22)17-14-5-3-2-4-11(14)8-12-6-7-13(20)9-15(12)19(17)23-16/h2-7,9,16-17,19,21H,8,10H2,1H3. The molecule has 0 aromatic heterocycles. The fraction of sp³-hybridized carbons (Fsp3) is 0.316. The molecule has 3 nitrogen and oxygen atoms in total. The molecule has 3 unspecified atom stereocenters. The van der Waals surface area contributed by atoms with Crippen LogP contribution in [0.15, 0.2) is 42.5 Å². The summed E-state index contributed by atoms with van der Waals surface area (Å²) in [6.07, 6.45) is -0.195. The molecule has 0 bridgehead atoms. The van der Waals surface area contributed by atoms with Crippen LogP contribution in [0.2, 0.25) is 0 Å². The van der Waals surface area contributed by atoms with Crippen molar-refractivity contribution < 1.29 is 13.9 Å². The minimum atomic E-state index is -0.489. The lowest BCUT2D eigenvalue weighted by atomic mass is 9.86. The van der Waals surface area contributed by atoms with Gasteiger partial charge in [-0.15, -0.1) is 0 Å². The Morgan fingerprint density at radius 1 is 1.17 bits per heavy atom. The van der Waals surface area contributed by atoms with E-state index < -0.39 is 12.2 Å². The highest BCUT2D eigenvalue weighted by Gasteiger charge is 2.47. The highest BCUT2D eigenvalue weighted by molar-refractivity contribution is 5.93. The van der Waals surface area contributed by atoms with E-state index in [9.17, 15) is 9.18 Å². The molecule has 1 saturated heterocycles. The third-order valence-corrected chi connectivity index (χ3v) is 4.81. The largest absolute Gasteiger partial charge is 0.360 e. The molecule has 0 amide bonds. The highest BCUT2D eigenvalue weighted by Crippen LogP contribution is 2.47. The lowest BCUT2D eigenvalue weighted by Gasteiger charge is -2.18. The van der Waals surface area contributed by atoms with Gasteiger partial charge in [-0.3, -0.25) is 4.79 Å². The number of Topliss-reactive ketones (excluding diaryl/α,β-unsaturated/α-hetero) is 1. The van der Waals surface area contributed by atoms with Gasteiger partial charge in [-0.25, -0.2) is 4.39 Å². The molecular weight excluding hydrogens is 293 g/mol. The van der Waals surface area contributed by atoms with Crippen LogP contribution in [-0.2, 0) is 16.0 Å². The normalized spacial score (nSPS) is 25.5. The Morgan fingerprint density at radius 3 is 2.78 bits per heavy atom. The maximum atomic E-state index is 13.8. The van der Waals surface area contributed by atoms with Crippen molar-refractivity contribution in [3.63, 3.8) is 0 Å². The van der Waals surface area contributed by atoms with Crippen LogP contribution in [0.1, 0.15) is 34.3 Å². The quantitative estimate of drug-likeness (QED) is 0.927. The van der Waals surface area contributed by atoms with Gasteiger partial charge in [-0.2, -0.15) is 0 Å². The minimum Gasteiger partial charge on any atom is -0.360 e. The smallest absolute Gasteiger partial charge is 0.173 e. The van der Waals surface area contributed by atoms with E-state index in [0.717, 1.165) is 22.3 Å². The van der Waals surface area contributed by atoms with E-state index >= 15 is 0 Å². The number of ketones is 1. The van der Waals surface area contributed by atoms with E-state index in [1.54, 1.807) is 7.05 Å². The van der Waals surface area contributed by atoms with Gasteiger partial charge >= 0.3 is 0 Å². The van der Waals surface area contributed by atoms with Crippen molar-refractivity contribution in [3.8, 4) is 0 Å². The Labute approximate surface area is 134 Å². The summed E-state index contributed by atoms with van der Waals surface area (Å²) in [4.78, 5) is 12.9. The molecule has 23 heavy (non-hydrogen) atoms. The highest BCUT2D eigenvalue weighted by atomic mass is 19.1. The lowest BCUT2D eigenvalue weighted by Crippen LogP contribution is -2.30. The van der Waals surface area contributed by atoms with Crippen LogP contribution in [-0.4, -0.2) is 25.5 Å². The predicted molar refractivity (Wildman–Crippen MR) is 84.9 cm³/mol. The number of likely N-dealkylation sites (N-methyl/N-ethyl adjacent to an activating group) is 1. The third-order valence-electron chi connectivity index (χ3n) is 4.81. The first-order valence-corrected chi connectivity index (χ1v) is 7.89. The van der Waals surface area contributed by atoms with Gasteiger partial charge < -0.3 is 10.1 Å². The summed E-state index contributed by atoms with van der Waals surface area (Å²) in [5, 5.41) is 3.00. The second kappa shape index (κ2) is 5.55. The zero-order valence-corrected chi connectivity index (χ0v) is 12.9. The number of nitrogens with one attached hydrogen (secondary N) is 1. The first-order chi connectivity index (χ1) is 11.2.